The van der Waals surface area contributed by atoms with Crippen molar-refractivity contribution in [3.05, 3.63) is 30.1 Å². The number of nitrogens with one attached hydrogen (secondary N) is 3. The molecule has 174 valence electrons. The molecule has 0 heterocycles. The van der Waals surface area contributed by atoms with E-state index in [0.717, 1.165) is 12.1 Å². The Bertz CT molecular complexity index is 774. The minimum Gasteiger partial charge on any atom is -0.458 e. The van der Waals surface area contributed by atoms with Gasteiger partial charge in [0.25, 0.3) is 0 Å². The molecule has 1 aromatic carbocycles. The second-order valence-corrected chi connectivity index (χ2v) is 8.20. The van der Waals surface area contributed by atoms with Crippen molar-refractivity contribution >= 4 is 23.6 Å². The fourth-order valence-corrected chi connectivity index (χ4v) is 2.38. The molecular weight excluding hydrogens is 422 g/mol. The summed E-state index contributed by atoms with van der Waals surface area (Å²) in [5, 5.41) is 6.27. The lowest BCUT2D eigenvalue weighted by molar-refractivity contribution is -0.183. The fraction of sp³-hybridized carbons (Fsp3) is 0.550. The van der Waals surface area contributed by atoms with E-state index in [4.69, 9.17) is 4.74 Å². The van der Waals surface area contributed by atoms with Crippen molar-refractivity contribution in [2.24, 2.45) is 11.8 Å². The number of alkyl halides is 3. The first-order valence-electron chi connectivity index (χ1n) is 9.50. The second-order valence-electron chi connectivity index (χ2n) is 8.20. The molecule has 0 aliphatic carbocycles. The Labute approximate surface area is 177 Å². The van der Waals surface area contributed by atoms with Crippen LogP contribution in [-0.4, -0.2) is 42.3 Å². The van der Waals surface area contributed by atoms with Crippen LogP contribution in [0.25, 0.3) is 0 Å². The molecule has 0 spiro atoms. The van der Waals surface area contributed by atoms with Crippen LogP contribution < -0.4 is 16.0 Å². The summed E-state index contributed by atoms with van der Waals surface area (Å²) in [4.78, 5) is 36.5. The fourth-order valence-electron chi connectivity index (χ4n) is 2.38. The normalized spacial score (nSPS) is 13.9. The van der Waals surface area contributed by atoms with Crippen LogP contribution in [0.5, 0.6) is 0 Å². The number of urea groups is 1. The molecule has 1 rings (SSSR count). The van der Waals surface area contributed by atoms with Gasteiger partial charge in [0.15, 0.2) is 5.92 Å². The van der Waals surface area contributed by atoms with Gasteiger partial charge < -0.3 is 20.7 Å². The lowest BCUT2D eigenvalue weighted by Crippen LogP contribution is -2.53. The molecule has 0 bridgehead atoms. The van der Waals surface area contributed by atoms with E-state index in [1.807, 2.05) is 5.32 Å². The maximum atomic E-state index is 13.4. The molecule has 3 N–H and O–H groups in total. The number of carbonyl (C=O) groups is 3. The van der Waals surface area contributed by atoms with Crippen molar-refractivity contribution in [2.45, 2.75) is 52.4 Å². The van der Waals surface area contributed by atoms with Crippen molar-refractivity contribution in [1.29, 1.82) is 0 Å². The number of ether oxygens (including phenoxy) is 1. The topological polar surface area (TPSA) is 96.5 Å². The first kappa shape index (κ1) is 26.2. The predicted octanol–water partition coefficient (Wildman–Crippen LogP) is 3.61. The van der Waals surface area contributed by atoms with E-state index in [0.29, 0.717) is 0 Å². The molecule has 0 aliphatic heterocycles. The zero-order valence-corrected chi connectivity index (χ0v) is 17.9. The highest BCUT2D eigenvalue weighted by Gasteiger charge is 2.46. The first-order chi connectivity index (χ1) is 14.1. The van der Waals surface area contributed by atoms with E-state index < -0.39 is 59.9 Å². The highest BCUT2D eigenvalue weighted by atomic mass is 19.4. The van der Waals surface area contributed by atoms with Gasteiger partial charge in [-0.1, -0.05) is 13.8 Å². The lowest BCUT2D eigenvalue weighted by atomic mass is 10.0. The number of esters is 1. The molecule has 2 atom stereocenters. The van der Waals surface area contributed by atoms with Crippen molar-refractivity contribution in [3.63, 3.8) is 0 Å². The van der Waals surface area contributed by atoms with Gasteiger partial charge in [0.2, 0.25) is 5.91 Å². The van der Waals surface area contributed by atoms with E-state index in [2.05, 4.69) is 10.6 Å². The predicted molar refractivity (Wildman–Crippen MR) is 106 cm³/mol. The summed E-state index contributed by atoms with van der Waals surface area (Å²) in [5.74, 6) is -6.03. The molecule has 0 aromatic heterocycles. The van der Waals surface area contributed by atoms with Gasteiger partial charge in [-0.2, -0.15) is 13.2 Å². The van der Waals surface area contributed by atoms with Gasteiger partial charge in [0.05, 0.1) is 0 Å². The van der Waals surface area contributed by atoms with Gasteiger partial charge >= 0.3 is 18.2 Å². The maximum Gasteiger partial charge on any atom is 0.402 e. The smallest absolute Gasteiger partial charge is 0.402 e. The highest BCUT2D eigenvalue weighted by Crippen LogP contribution is 2.26. The van der Waals surface area contributed by atoms with E-state index >= 15 is 0 Å². The Hall–Kier alpha value is -2.85. The van der Waals surface area contributed by atoms with Gasteiger partial charge in [-0.3, -0.25) is 4.79 Å². The summed E-state index contributed by atoms with van der Waals surface area (Å²) in [5.41, 5.74) is -0.741. The minimum atomic E-state index is -4.98. The third-order valence-corrected chi connectivity index (χ3v) is 3.91. The van der Waals surface area contributed by atoms with Crippen LogP contribution in [0.3, 0.4) is 0 Å². The molecule has 0 aliphatic rings. The summed E-state index contributed by atoms with van der Waals surface area (Å²) < 4.78 is 58.3. The van der Waals surface area contributed by atoms with E-state index in [-0.39, 0.29) is 5.69 Å². The number of carbonyl (C=O) groups excluding carboxylic acids is 3. The first-order valence-corrected chi connectivity index (χ1v) is 9.50. The van der Waals surface area contributed by atoms with E-state index in [9.17, 15) is 31.9 Å². The zero-order valence-electron chi connectivity index (χ0n) is 17.9. The van der Waals surface area contributed by atoms with Gasteiger partial charge in [0.1, 0.15) is 17.5 Å². The van der Waals surface area contributed by atoms with Crippen LogP contribution in [0.1, 0.15) is 34.6 Å². The van der Waals surface area contributed by atoms with Crippen molar-refractivity contribution in [1.82, 2.24) is 10.6 Å². The second kappa shape index (κ2) is 10.5. The third kappa shape index (κ3) is 9.22. The number of hydrogen-bond acceptors (Lipinski definition) is 4. The molecule has 0 fully saturated rings. The molecule has 31 heavy (non-hydrogen) atoms. The average Bonchev–Trinajstić information content (AvgIpc) is 2.58. The van der Waals surface area contributed by atoms with Crippen LogP contribution in [0.15, 0.2) is 24.3 Å². The summed E-state index contributed by atoms with van der Waals surface area (Å²) in [6, 6.07) is 2.24. The molecule has 7 nitrogen and oxygen atoms in total. The van der Waals surface area contributed by atoms with Crippen LogP contribution >= 0.6 is 0 Å². The summed E-state index contributed by atoms with van der Waals surface area (Å²) in [7, 11) is 0. The number of rotatable bonds is 7. The molecular formula is C20H27F4N3O4. The number of hydrogen-bond donors (Lipinski definition) is 3. The van der Waals surface area contributed by atoms with Crippen LogP contribution in [-0.2, 0) is 14.3 Å². The minimum absolute atomic E-state index is 0.150. The number of amides is 3. The van der Waals surface area contributed by atoms with Crippen LogP contribution in [0.2, 0.25) is 0 Å². The Kier molecular flexibility index (Phi) is 8.83. The number of halogens is 4. The Balaban J connectivity index is 2.83. The van der Waals surface area contributed by atoms with E-state index in [1.165, 1.54) is 12.1 Å². The van der Waals surface area contributed by atoms with E-state index in [1.54, 1.807) is 34.6 Å². The SMILES string of the molecule is CC(C)[C@H](NC(=O)[C@H](CNC(=O)Nc1ccc(F)cc1)C(F)(F)F)C(=O)OC(C)(C)C. The third-order valence-electron chi connectivity index (χ3n) is 3.91. The standard InChI is InChI=1S/C20H27F4N3O4/c1-11(2)15(17(29)31-19(3,4)5)27-16(28)14(20(22,23)24)10-25-18(30)26-13-8-6-12(21)7-9-13/h6-9,11,14-15H,10H2,1-5H3,(H,27,28)(H2,25,26,30)/t14-,15-/m0/s1. The Morgan fingerprint density at radius 2 is 1.58 bits per heavy atom. The quantitative estimate of drug-likeness (QED) is 0.438. The summed E-state index contributed by atoms with van der Waals surface area (Å²) >= 11 is 0. The lowest BCUT2D eigenvalue weighted by Gasteiger charge is -2.28. The molecule has 0 saturated heterocycles. The molecule has 3 amide bonds. The van der Waals surface area contributed by atoms with Gasteiger partial charge in [0, 0.05) is 12.2 Å². The largest absolute Gasteiger partial charge is 0.458 e. The Morgan fingerprint density at radius 3 is 2.03 bits per heavy atom. The van der Waals surface area contributed by atoms with Crippen LogP contribution in [0.4, 0.5) is 28.0 Å². The van der Waals surface area contributed by atoms with Gasteiger partial charge in [-0.05, 0) is 51.0 Å². The van der Waals surface area contributed by atoms with Gasteiger partial charge in [-0.25, -0.2) is 14.0 Å². The summed E-state index contributed by atoms with van der Waals surface area (Å²) in [6.07, 6.45) is -4.98. The number of anilines is 1. The highest BCUT2D eigenvalue weighted by molar-refractivity contribution is 5.90. The molecule has 0 unspecified atom stereocenters. The monoisotopic (exact) mass is 449 g/mol. The maximum absolute atomic E-state index is 13.4. The van der Waals surface area contributed by atoms with Crippen LogP contribution in [0, 0.1) is 17.7 Å². The molecule has 1 aromatic rings. The zero-order chi connectivity index (χ0) is 24.0. The molecule has 0 saturated carbocycles. The summed E-state index contributed by atoms with van der Waals surface area (Å²) in [6.45, 7) is 6.80. The average molecular weight is 449 g/mol. The van der Waals surface area contributed by atoms with Crippen molar-refractivity contribution in [3.8, 4) is 0 Å². The van der Waals surface area contributed by atoms with Crippen molar-refractivity contribution in [2.75, 3.05) is 11.9 Å². The molecule has 11 heteroatoms. The number of benzene rings is 1. The molecule has 0 radical (unpaired) electrons. The van der Waals surface area contributed by atoms with Gasteiger partial charge in [-0.15, -0.1) is 0 Å². The Morgan fingerprint density at radius 1 is 1.03 bits per heavy atom. The van der Waals surface area contributed by atoms with Crippen molar-refractivity contribution < 1.29 is 36.7 Å².